The van der Waals surface area contributed by atoms with Gasteiger partial charge in [-0.05, 0) is 57.2 Å². The Morgan fingerprint density at radius 1 is 1.03 bits per heavy atom. The quantitative estimate of drug-likeness (QED) is 0.464. The van der Waals surface area contributed by atoms with Gasteiger partial charge < -0.3 is 4.90 Å². The Bertz CT molecular complexity index is 1290. The number of fused-ring (bicyclic) bond motifs is 3. The Morgan fingerprint density at radius 2 is 1.83 bits per heavy atom. The molecular weight excluding hydrogens is 372 g/mol. The molecule has 2 aromatic carbocycles. The number of nitrogens with zero attached hydrogens (tertiary/aromatic N) is 5. The molecular formula is C22H19F2N5. The molecule has 5 nitrogen and oxygen atoms in total. The largest absolute Gasteiger partial charge is 0.329 e. The molecule has 0 saturated heterocycles. The highest BCUT2D eigenvalue weighted by Crippen LogP contribution is 2.31. The highest BCUT2D eigenvalue weighted by molar-refractivity contribution is 5.93. The second-order valence-electron chi connectivity index (χ2n) is 7.85. The van der Waals surface area contributed by atoms with Crippen LogP contribution >= 0.6 is 0 Å². The topological polar surface area (TPSA) is 46.3 Å². The molecule has 0 unspecified atom stereocenters. The van der Waals surface area contributed by atoms with Crippen molar-refractivity contribution in [1.82, 2.24) is 19.6 Å². The number of anilines is 2. The maximum Gasteiger partial charge on any atom is 0.257 e. The predicted molar refractivity (Wildman–Crippen MR) is 109 cm³/mol. The van der Waals surface area contributed by atoms with Gasteiger partial charge in [-0.15, -0.1) is 10.2 Å². The molecule has 29 heavy (non-hydrogen) atoms. The van der Waals surface area contributed by atoms with Crippen LogP contribution in [0.3, 0.4) is 0 Å². The predicted octanol–water partition coefficient (Wildman–Crippen LogP) is 4.72. The third kappa shape index (κ3) is 3.74. The minimum absolute atomic E-state index is 0.202. The highest BCUT2D eigenvalue weighted by Gasteiger charge is 2.16. The molecule has 0 aliphatic heterocycles. The first-order chi connectivity index (χ1) is 13.7. The monoisotopic (exact) mass is 391 g/mol. The molecule has 4 rings (SSSR count). The summed E-state index contributed by atoms with van der Waals surface area (Å²) in [4.78, 5) is 6.21. The van der Waals surface area contributed by atoms with E-state index in [1.54, 1.807) is 28.5 Å². The van der Waals surface area contributed by atoms with Crippen LogP contribution < -0.4 is 4.90 Å². The summed E-state index contributed by atoms with van der Waals surface area (Å²) >= 11 is 0. The molecule has 0 saturated carbocycles. The molecule has 0 spiro atoms. The summed E-state index contributed by atoms with van der Waals surface area (Å²) in [5.74, 6) is 6.14. The number of halogens is 2. The first kappa shape index (κ1) is 18.8. The summed E-state index contributed by atoms with van der Waals surface area (Å²) in [7, 11) is 1.75. The van der Waals surface area contributed by atoms with Crippen LogP contribution in [0.4, 0.5) is 20.3 Å². The third-order valence-electron chi connectivity index (χ3n) is 4.36. The van der Waals surface area contributed by atoms with Crippen molar-refractivity contribution >= 4 is 28.2 Å². The Kier molecular flexibility index (Phi) is 4.42. The highest BCUT2D eigenvalue weighted by atomic mass is 19.1. The lowest BCUT2D eigenvalue weighted by molar-refractivity contribution is 0.571. The number of aromatic nitrogens is 4. The summed E-state index contributed by atoms with van der Waals surface area (Å²) < 4.78 is 30.0. The molecule has 0 fully saturated rings. The molecule has 0 N–H and O–H groups in total. The average molecular weight is 391 g/mol. The minimum atomic E-state index is -0.411. The van der Waals surface area contributed by atoms with E-state index in [9.17, 15) is 8.78 Å². The summed E-state index contributed by atoms with van der Waals surface area (Å²) in [6.45, 7) is 5.97. The molecule has 2 heterocycles. The van der Waals surface area contributed by atoms with Crippen molar-refractivity contribution in [2.24, 2.45) is 5.41 Å². The third-order valence-corrected chi connectivity index (χ3v) is 4.36. The van der Waals surface area contributed by atoms with Gasteiger partial charge in [-0.25, -0.2) is 8.78 Å². The SMILES string of the molecule is CN(c1cc(F)cc(C#CC(C)(C)C)c1)c1nc2nncn2c2ccc(F)cc12. The maximum atomic E-state index is 14.3. The molecule has 0 atom stereocenters. The van der Waals surface area contributed by atoms with Crippen molar-refractivity contribution in [2.75, 3.05) is 11.9 Å². The van der Waals surface area contributed by atoms with E-state index in [0.29, 0.717) is 33.7 Å². The number of rotatable bonds is 2. The van der Waals surface area contributed by atoms with Crippen LogP contribution in [0.1, 0.15) is 26.3 Å². The Labute approximate surface area is 167 Å². The normalized spacial score (nSPS) is 11.5. The van der Waals surface area contributed by atoms with Gasteiger partial charge in [-0.1, -0.05) is 11.8 Å². The first-order valence-corrected chi connectivity index (χ1v) is 9.08. The number of hydrogen-bond acceptors (Lipinski definition) is 4. The van der Waals surface area contributed by atoms with Gasteiger partial charge >= 0.3 is 0 Å². The molecule has 0 amide bonds. The van der Waals surface area contributed by atoms with Crippen LogP contribution in [0.2, 0.25) is 0 Å². The van der Waals surface area contributed by atoms with Crippen LogP contribution in [-0.2, 0) is 0 Å². The van der Waals surface area contributed by atoms with E-state index in [1.807, 2.05) is 20.8 Å². The van der Waals surface area contributed by atoms with Crippen molar-refractivity contribution < 1.29 is 8.78 Å². The van der Waals surface area contributed by atoms with Crippen molar-refractivity contribution in [3.8, 4) is 11.8 Å². The van der Waals surface area contributed by atoms with E-state index in [-0.39, 0.29) is 5.41 Å². The van der Waals surface area contributed by atoms with Gasteiger partial charge in [0.2, 0.25) is 0 Å². The molecule has 4 aromatic rings. The second kappa shape index (κ2) is 6.82. The average Bonchev–Trinajstić information content (AvgIpc) is 3.12. The van der Waals surface area contributed by atoms with Gasteiger partial charge in [0.05, 0.1) is 5.52 Å². The van der Waals surface area contributed by atoms with E-state index < -0.39 is 11.6 Å². The van der Waals surface area contributed by atoms with E-state index in [0.717, 1.165) is 0 Å². The smallest absolute Gasteiger partial charge is 0.257 e. The van der Waals surface area contributed by atoms with Crippen LogP contribution in [-0.4, -0.2) is 26.6 Å². The lowest BCUT2D eigenvalue weighted by Gasteiger charge is -2.21. The lowest BCUT2D eigenvalue weighted by atomic mass is 9.97. The van der Waals surface area contributed by atoms with Gasteiger partial charge in [0, 0.05) is 29.1 Å². The standard InChI is InChI=1S/C22H19F2N5/c1-22(2,3)8-7-14-9-16(24)11-17(10-14)28(4)20-18-12-15(23)5-6-19(18)29-13-25-27-21(29)26-20/h5-6,9-13H,1-4H3. The van der Waals surface area contributed by atoms with Crippen molar-refractivity contribution in [3.05, 3.63) is 59.9 Å². The fourth-order valence-electron chi connectivity index (χ4n) is 3.01. The molecule has 146 valence electrons. The van der Waals surface area contributed by atoms with Gasteiger partial charge in [0.1, 0.15) is 23.8 Å². The fourth-order valence-corrected chi connectivity index (χ4v) is 3.01. The maximum absolute atomic E-state index is 14.3. The fraction of sp³-hybridized carbons (Fsp3) is 0.227. The zero-order valence-corrected chi connectivity index (χ0v) is 16.5. The number of benzene rings is 2. The van der Waals surface area contributed by atoms with Crippen LogP contribution in [0.15, 0.2) is 42.7 Å². The molecule has 7 heteroatoms. The summed E-state index contributed by atoms with van der Waals surface area (Å²) in [6, 6.07) is 8.97. The Morgan fingerprint density at radius 3 is 2.59 bits per heavy atom. The lowest BCUT2D eigenvalue weighted by Crippen LogP contribution is -2.13. The molecule has 0 aliphatic rings. The van der Waals surface area contributed by atoms with E-state index in [4.69, 9.17) is 0 Å². The first-order valence-electron chi connectivity index (χ1n) is 9.08. The molecule has 0 bridgehead atoms. The molecule has 0 aliphatic carbocycles. The summed E-state index contributed by atoms with van der Waals surface area (Å²) in [5.41, 5.74) is 1.60. The van der Waals surface area contributed by atoms with Crippen molar-refractivity contribution in [2.45, 2.75) is 20.8 Å². The summed E-state index contributed by atoms with van der Waals surface area (Å²) in [5, 5.41) is 8.45. The molecule has 2 aromatic heterocycles. The Hall–Kier alpha value is -3.53. The zero-order chi connectivity index (χ0) is 20.8. The van der Waals surface area contributed by atoms with Gasteiger partial charge in [0.25, 0.3) is 5.78 Å². The van der Waals surface area contributed by atoms with Crippen LogP contribution in [0, 0.1) is 28.9 Å². The van der Waals surface area contributed by atoms with Gasteiger partial charge in [-0.2, -0.15) is 4.98 Å². The van der Waals surface area contributed by atoms with Crippen LogP contribution in [0.25, 0.3) is 16.7 Å². The summed E-state index contributed by atoms with van der Waals surface area (Å²) in [6.07, 6.45) is 1.52. The second-order valence-corrected chi connectivity index (χ2v) is 7.85. The van der Waals surface area contributed by atoms with Gasteiger partial charge in [-0.3, -0.25) is 4.40 Å². The molecule has 0 radical (unpaired) electrons. The van der Waals surface area contributed by atoms with E-state index in [1.165, 1.54) is 30.6 Å². The van der Waals surface area contributed by atoms with Crippen molar-refractivity contribution in [3.63, 3.8) is 0 Å². The van der Waals surface area contributed by atoms with Crippen LogP contribution in [0.5, 0.6) is 0 Å². The van der Waals surface area contributed by atoms with Gasteiger partial charge in [0.15, 0.2) is 0 Å². The number of hydrogen-bond donors (Lipinski definition) is 0. The van der Waals surface area contributed by atoms with E-state index >= 15 is 0 Å². The zero-order valence-electron chi connectivity index (χ0n) is 16.5. The van der Waals surface area contributed by atoms with Crippen molar-refractivity contribution in [1.29, 1.82) is 0 Å². The van der Waals surface area contributed by atoms with E-state index in [2.05, 4.69) is 27.0 Å². The Balaban J connectivity index is 1.89. The minimum Gasteiger partial charge on any atom is -0.329 e.